The lowest BCUT2D eigenvalue weighted by Gasteiger charge is -2.32. The van der Waals surface area contributed by atoms with Crippen LogP contribution in [0.5, 0.6) is 0 Å². The predicted molar refractivity (Wildman–Crippen MR) is 112 cm³/mol. The number of halogens is 6. The van der Waals surface area contributed by atoms with Crippen molar-refractivity contribution in [2.24, 2.45) is 0 Å². The molecule has 0 amide bonds. The number of hydrogen-bond acceptors (Lipinski definition) is 3. The van der Waals surface area contributed by atoms with Crippen molar-refractivity contribution in [1.82, 2.24) is 9.97 Å². The Balaban J connectivity index is 1.83. The van der Waals surface area contributed by atoms with Gasteiger partial charge in [-0.3, -0.25) is 0 Å². The molecule has 2 heterocycles. The van der Waals surface area contributed by atoms with Crippen LogP contribution in [-0.4, -0.2) is 28.3 Å². The average molecular weight is 470 g/mol. The summed E-state index contributed by atoms with van der Waals surface area (Å²) in [7, 11) is -0.720. The molecule has 0 aliphatic carbocycles. The number of H-pyrrole nitrogens is 1. The number of nitrogens with one attached hydrogen (secondary N) is 1. The molecular formula is C22H21BF6N2O2. The topological polar surface area (TPSA) is 47.1 Å². The molecule has 1 saturated heterocycles. The molecule has 0 radical (unpaired) electrons. The molecule has 1 aliphatic rings. The average Bonchev–Trinajstić information content (AvgIpc) is 3.17. The second kappa shape index (κ2) is 7.23. The first kappa shape index (κ1) is 23.6. The van der Waals surface area contributed by atoms with Crippen molar-refractivity contribution in [3.8, 4) is 11.4 Å². The summed E-state index contributed by atoms with van der Waals surface area (Å²) in [5.41, 5.74) is -3.13. The molecule has 176 valence electrons. The first-order valence-electron chi connectivity index (χ1n) is 10.1. The van der Waals surface area contributed by atoms with Crippen LogP contribution in [0.1, 0.15) is 44.4 Å². The Hall–Kier alpha value is -2.53. The van der Waals surface area contributed by atoms with Crippen LogP contribution in [0.4, 0.5) is 26.3 Å². The third kappa shape index (κ3) is 4.12. The van der Waals surface area contributed by atoms with E-state index in [1.54, 1.807) is 18.2 Å². The van der Waals surface area contributed by atoms with Gasteiger partial charge in [-0.25, -0.2) is 4.98 Å². The van der Waals surface area contributed by atoms with Crippen molar-refractivity contribution in [2.75, 3.05) is 0 Å². The van der Waals surface area contributed by atoms with Crippen LogP contribution in [0.15, 0.2) is 30.3 Å². The second-order valence-corrected chi connectivity index (χ2v) is 9.16. The van der Waals surface area contributed by atoms with Crippen molar-refractivity contribution in [3.63, 3.8) is 0 Å². The number of hydrogen-bond donors (Lipinski definition) is 1. The van der Waals surface area contributed by atoms with Crippen LogP contribution in [-0.2, 0) is 21.7 Å². The molecular weight excluding hydrogens is 449 g/mol. The molecule has 0 spiro atoms. The van der Waals surface area contributed by atoms with Crippen molar-refractivity contribution in [1.29, 1.82) is 0 Å². The zero-order valence-electron chi connectivity index (χ0n) is 18.5. The summed E-state index contributed by atoms with van der Waals surface area (Å²) in [6, 6.07) is 5.73. The number of aryl methyl sites for hydroxylation is 1. The Morgan fingerprint density at radius 1 is 0.879 bits per heavy atom. The zero-order valence-corrected chi connectivity index (χ0v) is 18.5. The van der Waals surface area contributed by atoms with E-state index < -0.39 is 47.3 Å². The largest absolute Gasteiger partial charge is 0.495 e. The van der Waals surface area contributed by atoms with E-state index in [2.05, 4.69) is 9.97 Å². The highest BCUT2D eigenvalue weighted by Gasteiger charge is 2.52. The second-order valence-electron chi connectivity index (χ2n) is 9.16. The smallest absolute Gasteiger partial charge is 0.399 e. The van der Waals surface area contributed by atoms with E-state index in [4.69, 9.17) is 9.31 Å². The zero-order chi connectivity index (χ0) is 24.6. The van der Waals surface area contributed by atoms with E-state index in [-0.39, 0.29) is 17.4 Å². The number of alkyl halides is 6. The van der Waals surface area contributed by atoms with E-state index in [9.17, 15) is 26.3 Å². The highest BCUT2D eigenvalue weighted by Crippen LogP contribution is 2.40. The summed E-state index contributed by atoms with van der Waals surface area (Å²) < 4.78 is 92.2. The first-order valence-corrected chi connectivity index (χ1v) is 10.1. The van der Waals surface area contributed by atoms with Crippen LogP contribution in [0.3, 0.4) is 0 Å². The maximum atomic E-state index is 13.5. The fourth-order valence-electron chi connectivity index (χ4n) is 3.65. The molecule has 0 atom stereocenters. The van der Waals surface area contributed by atoms with Crippen molar-refractivity contribution in [2.45, 2.75) is 58.2 Å². The minimum Gasteiger partial charge on any atom is -0.399 e. The van der Waals surface area contributed by atoms with E-state index in [1.165, 1.54) is 0 Å². The molecule has 33 heavy (non-hydrogen) atoms. The first-order chi connectivity index (χ1) is 15.0. The Morgan fingerprint density at radius 3 is 2.03 bits per heavy atom. The summed E-state index contributed by atoms with van der Waals surface area (Å²) in [5, 5.41) is 0. The van der Waals surface area contributed by atoms with Gasteiger partial charge >= 0.3 is 19.5 Å². The Morgan fingerprint density at radius 2 is 1.48 bits per heavy atom. The van der Waals surface area contributed by atoms with Crippen molar-refractivity contribution >= 4 is 23.6 Å². The monoisotopic (exact) mass is 470 g/mol. The van der Waals surface area contributed by atoms with Gasteiger partial charge in [-0.05, 0) is 52.2 Å². The van der Waals surface area contributed by atoms with Crippen molar-refractivity contribution in [3.05, 3.63) is 47.0 Å². The quantitative estimate of drug-likeness (QED) is 0.376. The van der Waals surface area contributed by atoms with Gasteiger partial charge in [-0.2, -0.15) is 26.3 Å². The van der Waals surface area contributed by atoms with Gasteiger partial charge in [0.1, 0.15) is 11.3 Å². The van der Waals surface area contributed by atoms with Crippen LogP contribution in [0.2, 0.25) is 0 Å². The number of aromatic nitrogens is 2. The number of nitrogens with zero attached hydrogens (tertiary/aromatic N) is 1. The molecule has 4 nitrogen and oxygen atoms in total. The van der Waals surface area contributed by atoms with Gasteiger partial charge in [0.05, 0.1) is 27.8 Å². The van der Waals surface area contributed by atoms with E-state index in [1.807, 2.05) is 34.6 Å². The highest BCUT2D eigenvalue weighted by atomic mass is 19.4. The summed E-state index contributed by atoms with van der Waals surface area (Å²) in [4.78, 5) is 6.62. The standard InChI is InChI=1S/C22H21BF6N2O2/c1-11-6-7-12(8-15(11)23-32-19(2,3)20(4,5)33-23)18-30-16-10-13(21(24,25)26)9-14(17(16)31-18)22(27,28)29/h6-10H,1-5H3,(H,30,31). The Kier molecular flexibility index (Phi) is 5.18. The molecule has 1 fully saturated rings. The molecule has 1 N–H and O–H groups in total. The fourth-order valence-corrected chi connectivity index (χ4v) is 3.65. The van der Waals surface area contributed by atoms with Crippen LogP contribution < -0.4 is 5.46 Å². The highest BCUT2D eigenvalue weighted by molar-refractivity contribution is 6.62. The van der Waals surface area contributed by atoms with Gasteiger partial charge in [-0.15, -0.1) is 0 Å². The SMILES string of the molecule is Cc1ccc(-c2nc3c(C(F)(F)F)cc(C(F)(F)F)cc3[nH]2)cc1B1OC(C)(C)C(C)(C)O1. The molecule has 1 aromatic heterocycles. The van der Waals surface area contributed by atoms with E-state index >= 15 is 0 Å². The van der Waals surface area contributed by atoms with Gasteiger partial charge < -0.3 is 14.3 Å². The van der Waals surface area contributed by atoms with Gasteiger partial charge in [0.15, 0.2) is 0 Å². The van der Waals surface area contributed by atoms with Gasteiger partial charge in [-0.1, -0.05) is 23.8 Å². The van der Waals surface area contributed by atoms with Crippen LogP contribution >= 0.6 is 0 Å². The number of rotatable bonds is 2. The summed E-state index contributed by atoms with van der Waals surface area (Å²) in [5.74, 6) is 0.00703. The van der Waals surface area contributed by atoms with E-state index in [0.717, 1.165) is 5.56 Å². The van der Waals surface area contributed by atoms with Gasteiger partial charge in [0, 0.05) is 5.56 Å². The predicted octanol–water partition coefficient (Wildman–Crippen LogP) is 5.88. The lowest BCUT2D eigenvalue weighted by molar-refractivity contribution is -0.142. The minimum absolute atomic E-state index is 0.00703. The summed E-state index contributed by atoms with van der Waals surface area (Å²) in [6.07, 6.45) is -9.94. The van der Waals surface area contributed by atoms with Crippen LogP contribution in [0.25, 0.3) is 22.4 Å². The lowest BCUT2D eigenvalue weighted by atomic mass is 9.75. The number of aromatic amines is 1. The van der Waals surface area contributed by atoms with E-state index in [0.29, 0.717) is 17.1 Å². The molecule has 4 rings (SSSR count). The minimum atomic E-state index is -5.01. The number of benzene rings is 2. The molecule has 0 saturated carbocycles. The fraction of sp³-hybridized carbons (Fsp3) is 0.409. The molecule has 0 bridgehead atoms. The lowest BCUT2D eigenvalue weighted by Crippen LogP contribution is -2.41. The molecule has 0 unspecified atom stereocenters. The molecule has 3 aromatic rings. The molecule has 1 aliphatic heterocycles. The summed E-state index contributed by atoms with van der Waals surface area (Å²) in [6.45, 7) is 9.40. The van der Waals surface area contributed by atoms with Gasteiger partial charge in [0.25, 0.3) is 0 Å². The normalized spacial score (nSPS) is 18.3. The molecule has 2 aromatic carbocycles. The third-order valence-electron chi connectivity index (χ3n) is 6.28. The number of fused-ring (bicyclic) bond motifs is 1. The third-order valence-corrected chi connectivity index (χ3v) is 6.28. The number of imidazole rings is 1. The maximum absolute atomic E-state index is 13.5. The Labute approximate surface area is 186 Å². The summed E-state index contributed by atoms with van der Waals surface area (Å²) >= 11 is 0. The molecule has 11 heteroatoms. The van der Waals surface area contributed by atoms with Gasteiger partial charge in [0.2, 0.25) is 0 Å². The van der Waals surface area contributed by atoms with Crippen LogP contribution in [0, 0.1) is 6.92 Å². The Bertz CT molecular complexity index is 1210. The maximum Gasteiger partial charge on any atom is 0.495 e. The van der Waals surface area contributed by atoms with Crippen molar-refractivity contribution < 1.29 is 35.7 Å².